The van der Waals surface area contributed by atoms with Crippen molar-refractivity contribution < 1.29 is 14.3 Å². The molecule has 1 amide bonds. The molecular weight excluding hydrogens is 170 g/mol. The standard InChI is InChI=1S/C9H17NO3/c1-4-9(8(10)11)12-6(2)5-7(3)13-9/h6-7H,4-5H2,1-3H3,(H2,10,11)/t6-,7+,9?. The molecule has 0 aromatic rings. The Morgan fingerprint density at radius 3 is 2.23 bits per heavy atom. The van der Waals surface area contributed by atoms with Crippen LogP contribution < -0.4 is 5.73 Å². The largest absolute Gasteiger partial charge is 0.365 e. The highest BCUT2D eigenvalue weighted by Crippen LogP contribution is 2.29. The molecule has 0 spiro atoms. The predicted octanol–water partition coefficient (Wildman–Crippen LogP) is 0.792. The SMILES string of the molecule is CCC1(C(N)=O)O[C@H](C)C[C@H](C)O1. The first-order chi connectivity index (χ1) is 6.00. The molecule has 4 heteroatoms. The van der Waals surface area contributed by atoms with Crippen molar-refractivity contribution in [1.82, 2.24) is 0 Å². The lowest BCUT2D eigenvalue weighted by Crippen LogP contribution is -2.55. The lowest BCUT2D eigenvalue weighted by molar-refractivity contribution is -0.294. The number of nitrogens with two attached hydrogens (primary N) is 1. The van der Waals surface area contributed by atoms with Crippen LogP contribution in [0.25, 0.3) is 0 Å². The second-order valence-corrected chi connectivity index (χ2v) is 3.56. The van der Waals surface area contributed by atoms with Gasteiger partial charge in [-0.15, -0.1) is 0 Å². The zero-order valence-corrected chi connectivity index (χ0v) is 8.37. The van der Waals surface area contributed by atoms with Gasteiger partial charge in [0.25, 0.3) is 5.91 Å². The Bertz CT molecular complexity index is 195. The summed E-state index contributed by atoms with van der Waals surface area (Å²) in [4.78, 5) is 11.2. The molecule has 1 aliphatic heterocycles. The van der Waals surface area contributed by atoms with E-state index in [0.717, 1.165) is 6.42 Å². The van der Waals surface area contributed by atoms with Crippen LogP contribution in [0.15, 0.2) is 0 Å². The molecule has 1 unspecified atom stereocenters. The number of ether oxygens (including phenoxy) is 2. The maximum absolute atomic E-state index is 11.2. The van der Waals surface area contributed by atoms with Gasteiger partial charge in [-0.05, 0) is 20.3 Å². The number of rotatable bonds is 2. The zero-order valence-electron chi connectivity index (χ0n) is 8.37. The lowest BCUT2D eigenvalue weighted by atomic mass is 10.1. The van der Waals surface area contributed by atoms with E-state index in [0.29, 0.717) is 6.42 Å². The zero-order chi connectivity index (χ0) is 10.1. The molecule has 1 heterocycles. The fourth-order valence-corrected chi connectivity index (χ4v) is 1.70. The highest BCUT2D eigenvalue weighted by atomic mass is 16.7. The molecule has 3 atom stereocenters. The maximum atomic E-state index is 11.2. The quantitative estimate of drug-likeness (QED) is 0.695. The van der Waals surface area contributed by atoms with Crippen LogP contribution in [0, 0.1) is 0 Å². The smallest absolute Gasteiger partial charge is 0.277 e. The molecule has 0 aromatic carbocycles. The van der Waals surface area contributed by atoms with E-state index >= 15 is 0 Å². The number of carbonyl (C=O) groups is 1. The topological polar surface area (TPSA) is 61.6 Å². The van der Waals surface area contributed by atoms with Crippen molar-refractivity contribution in [2.45, 2.75) is 51.6 Å². The van der Waals surface area contributed by atoms with Crippen LogP contribution in [-0.4, -0.2) is 23.9 Å². The van der Waals surface area contributed by atoms with Crippen LogP contribution >= 0.6 is 0 Å². The van der Waals surface area contributed by atoms with Crippen LogP contribution in [0.4, 0.5) is 0 Å². The van der Waals surface area contributed by atoms with E-state index in [1.54, 1.807) is 0 Å². The molecule has 0 bridgehead atoms. The van der Waals surface area contributed by atoms with E-state index in [1.807, 2.05) is 20.8 Å². The molecule has 1 aliphatic rings. The van der Waals surface area contributed by atoms with Gasteiger partial charge in [0.1, 0.15) is 0 Å². The predicted molar refractivity (Wildman–Crippen MR) is 47.9 cm³/mol. The monoisotopic (exact) mass is 187 g/mol. The van der Waals surface area contributed by atoms with Crippen LogP contribution in [0.2, 0.25) is 0 Å². The van der Waals surface area contributed by atoms with E-state index in [1.165, 1.54) is 0 Å². The second-order valence-electron chi connectivity index (χ2n) is 3.56. The summed E-state index contributed by atoms with van der Waals surface area (Å²) in [6, 6.07) is 0. The first-order valence-electron chi connectivity index (χ1n) is 4.65. The van der Waals surface area contributed by atoms with Gasteiger partial charge >= 0.3 is 0 Å². The van der Waals surface area contributed by atoms with Crippen LogP contribution in [0.3, 0.4) is 0 Å². The van der Waals surface area contributed by atoms with Crippen molar-refractivity contribution in [2.75, 3.05) is 0 Å². The van der Waals surface area contributed by atoms with Crippen molar-refractivity contribution in [1.29, 1.82) is 0 Å². The van der Waals surface area contributed by atoms with Gasteiger partial charge in [-0.1, -0.05) is 6.92 Å². The fourth-order valence-electron chi connectivity index (χ4n) is 1.70. The summed E-state index contributed by atoms with van der Waals surface area (Å²) in [6.07, 6.45) is 1.30. The Morgan fingerprint density at radius 1 is 1.46 bits per heavy atom. The Kier molecular flexibility index (Phi) is 2.93. The lowest BCUT2D eigenvalue weighted by Gasteiger charge is -2.40. The molecule has 0 radical (unpaired) electrons. The molecule has 1 rings (SSSR count). The average Bonchev–Trinajstić information content (AvgIpc) is 2.02. The molecule has 0 saturated carbocycles. The van der Waals surface area contributed by atoms with Gasteiger partial charge in [0.2, 0.25) is 5.79 Å². The van der Waals surface area contributed by atoms with E-state index in [-0.39, 0.29) is 12.2 Å². The number of primary amides is 1. The highest BCUT2D eigenvalue weighted by molar-refractivity contribution is 5.81. The minimum absolute atomic E-state index is 0.0243. The molecule has 0 aliphatic carbocycles. The molecule has 4 nitrogen and oxygen atoms in total. The Labute approximate surface area is 78.4 Å². The van der Waals surface area contributed by atoms with Gasteiger partial charge in [0.15, 0.2) is 0 Å². The molecule has 1 fully saturated rings. The van der Waals surface area contributed by atoms with E-state index in [9.17, 15) is 4.79 Å². The summed E-state index contributed by atoms with van der Waals surface area (Å²) in [5.41, 5.74) is 5.25. The van der Waals surface area contributed by atoms with Crippen molar-refractivity contribution in [3.8, 4) is 0 Å². The van der Waals surface area contributed by atoms with Crippen LogP contribution in [0.1, 0.15) is 33.6 Å². The second kappa shape index (κ2) is 3.64. The van der Waals surface area contributed by atoms with Gasteiger partial charge in [-0.25, -0.2) is 0 Å². The summed E-state index contributed by atoms with van der Waals surface area (Å²) in [6.45, 7) is 5.67. The summed E-state index contributed by atoms with van der Waals surface area (Å²) in [5.74, 6) is -1.73. The van der Waals surface area contributed by atoms with Crippen molar-refractivity contribution in [3.05, 3.63) is 0 Å². The Morgan fingerprint density at radius 2 is 1.92 bits per heavy atom. The number of hydrogen-bond acceptors (Lipinski definition) is 3. The Hall–Kier alpha value is -0.610. The van der Waals surface area contributed by atoms with Crippen molar-refractivity contribution in [3.63, 3.8) is 0 Å². The maximum Gasteiger partial charge on any atom is 0.277 e. The number of hydrogen-bond donors (Lipinski definition) is 1. The van der Waals surface area contributed by atoms with Crippen LogP contribution in [-0.2, 0) is 14.3 Å². The number of amides is 1. The summed E-state index contributed by atoms with van der Waals surface area (Å²) < 4.78 is 10.9. The molecule has 0 aromatic heterocycles. The summed E-state index contributed by atoms with van der Waals surface area (Å²) in [5, 5.41) is 0. The normalized spacial score (nSPS) is 40.2. The molecular formula is C9H17NO3. The molecule has 13 heavy (non-hydrogen) atoms. The Balaban J connectivity index is 2.80. The van der Waals surface area contributed by atoms with Crippen molar-refractivity contribution >= 4 is 5.91 Å². The first kappa shape index (κ1) is 10.5. The summed E-state index contributed by atoms with van der Waals surface area (Å²) in [7, 11) is 0. The molecule has 76 valence electrons. The third-order valence-electron chi connectivity index (χ3n) is 2.29. The minimum Gasteiger partial charge on any atom is -0.365 e. The van der Waals surface area contributed by atoms with Gasteiger partial charge in [0, 0.05) is 6.42 Å². The molecule has 2 N–H and O–H groups in total. The number of carbonyl (C=O) groups excluding carboxylic acids is 1. The first-order valence-corrected chi connectivity index (χ1v) is 4.65. The third kappa shape index (κ3) is 2.00. The van der Waals surface area contributed by atoms with E-state index < -0.39 is 11.7 Å². The summed E-state index contributed by atoms with van der Waals surface area (Å²) >= 11 is 0. The van der Waals surface area contributed by atoms with Gasteiger partial charge < -0.3 is 15.2 Å². The van der Waals surface area contributed by atoms with Crippen LogP contribution in [0.5, 0.6) is 0 Å². The van der Waals surface area contributed by atoms with Gasteiger partial charge in [-0.3, -0.25) is 4.79 Å². The molecule has 1 saturated heterocycles. The van der Waals surface area contributed by atoms with E-state index in [4.69, 9.17) is 15.2 Å². The minimum atomic E-state index is -1.20. The highest BCUT2D eigenvalue weighted by Gasteiger charge is 2.43. The van der Waals surface area contributed by atoms with Gasteiger partial charge in [0.05, 0.1) is 12.2 Å². The third-order valence-corrected chi connectivity index (χ3v) is 2.29. The average molecular weight is 187 g/mol. The van der Waals surface area contributed by atoms with Crippen molar-refractivity contribution in [2.24, 2.45) is 5.73 Å². The fraction of sp³-hybridized carbons (Fsp3) is 0.889. The van der Waals surface area contributed by atoms with E-state index in [2.05, 4.69) is 0 Å². The van der Waals surface area contributed by atoms with Gasteiger partial charge in [-0.2, -0.15) is 0 Å².